The molecule has 172 valence electrons. The van der Waals surface area contributed by atoms with E-state index in [1.807, 2.05) is 30.3 Å². The number of ketones is 1. The lowest BCUT2D eigenvalue weighted by Gasteiger charge is -2.29. The van der Waals surface area contributed by atoms with Crippen LogP contribution in [-0.2, 0) is 16.0 Å². The van der Waals surface area contributed by atoms with Crippen molar-refractivity contribution in [3.05, 3.63) is 70.8 Å². The van der Waals surface area contributed by atoms with E-state index in [-0.39, 0.29) is 29.3 Å². The number of rotatable bonds is 5. The summed E-state index contributed by atoms with van der Waals surface area (Å²) < 4.78 is 0. The summed E-state index contributed by atoms with van der Waals surface area (Å²) in [6, 6.07) is 11.4. The topological polar surface area (TPSA) is 102 Å². The molecule has 0 atom stereocenters. The van der Waals surface area contributed by atoms with Gasteiger partial charge in [0.25, 0.3) is 5.91 Å². The van der Waals surface area contributed by atoms with Gasteiger partial charge in [0.15, 0.2) is 5.78 Å². The number of benzene rings is 1. The Balaban J connectivity index is 1.17. The minimum absolute atomic E-state index is 0.0365. The maximum atomic E-state index is 12.9. The van der Waals surface area contributed by atoms with Gasteiger partial charge in [-0.3, -0.25) is 19.4 Å². The molecule has 1 aromatic carbocycles. The number of amides is 1. The van der Waals surface area contributed by atoms with Gasteiger partial charge >= 0.3 is 0 Å². The second-order valence-electron chi connectivity index (χ2n) is 8.76. The highest BCUT2D eigenvalue weighted by Crippen LogP contribution is 2.31. The number of pyridine rings is 1. The molecular formula is C26H24N4O3S. The van der Waals surface area contributed by atoms with E-state index in [1.165, 1.54) is 0 Å². The number of fused-ring (bicyclic) bond motifs is 1. The molecule has 0 bridgehead atoms. The van der Waals surface area contributed by atoms with Gasteiger partial charge in [0.05, 0.1) is 28.1 Å². The third-order valence-corrected chi connectivity index (χ3v) is 7.28. The van der Waals surface area contributed by atoms with Crippen molar-refractivity contribution >= 4 is 45.5 Å². The van der Waals surface area contributed by atoms with Gasteiger partial charge in [0.2, 0.25) is 5.12 Å². The van der Waals surface area contributed by atoms with E-state index >= 15 is 0 Å². The Morgan fingerprint density at radius 3 is 2.65 bits per heavy atom. The molecule has 8 heteroatoms. The SMILES string of the molecule is O=C1CC(=O)/C(=C/c2ccnc(CC3CCC(NC(=O)c4cccc5cccnc45)CC3)n2)S1. The van der Waals surface area contributed by atoms with Gasteiger partial charge in [-0.25, -0.2) is 9.97 Å². The van der Waals surface area contributed by atoms with Crippen LogP contribution in [0.4, 0.5) is 0 Å². The van der Waals surface area contributed by atoms with Crippen LogP contribution in [0.15, 0.2) is 53.7 Å². The van der Waals surface area contributed by atoms with Gasteiger partial charge in [-0.15, -0.1) is 0 Å². The lowest BCUT2D eigenvalue weighted by molar-refractivity contribution is -0.119. The molecule has 1 aliphatic carbocycles. The number of Topliss-reactive ketones (excluding diaryl/α,β-unsaturated/α-hetero) is 1. The van der Waals surface area contributed by atoms with Crippen LogP contribution in [0.3, 0.4) is 0 Å². The van der Waals surface area contributed by atoms with Crippen LogP contribution >= 0.6 is 11.8 Å². The Hall–Kier alpha value is -3.39. The molecule has 3 aromatic rings. The summed E-state index contributed by atoms with van der Waals surface area (Å²) in [6.07, 6.45) is 9.59. The zero-order valence-corrected chi connectivity index (χ0v) is 19.4. The number of thioether (sulfide) groups is 1. The highest BCUT2D eigenvalue weighted by atomic mass is 32.2. The Kier molecular flexibility index (Phi) is 6.49. The minimum atomic E-state index is -0.144. The van der Waals surface area contributed by atoms with Gasteiger partial charge in [-0.05, 0) is 67.6 Å². The number of para-hydroxylation sites is 1. The summed E-state index contributed by atoms with van der Waals surface area (Å²) in [5.74, 6) is 0.967. The van der Waals surface area contributed by atoms with Gasteiger partial charge in [0.1, 0.15) is 5.82 Å². The number of hydrogen-bond acceptors (Lipinski definition) is 7. The first-order valence-electron chi connectivity index (χ1n) is 11.5. The van der Waals surface area contributed by atoms with E-state index in [4.69, 9.17) is 0 Å². The third-order valence-electron chi connectivity index (χ3n) is 6.34. The molecule has 0 unspecified atom stereocenters. The van der Waals surface area contributed by atoms with Crippen molar-refractivity contribution in [2.75, 3.05) is 0 Å². The lowest BCUT2D eigenvalue weighted by atomic mass is 9.84. The van der Waals surface area contributed by atoms with Crippen LogP contribution in [0.5, 0.6) is 0 Å². The van der Waals surface area contributed by atoms with Gasteiger partial charge in [-0.2, -0.15) is 0 Å². The molecule has 2 aromatic heterocycles. The zero-order chi connectivity index (χ0) is 23.5. The first kappa shape index (κ1) is 22.4. The standard InChI is InChI=1S/C26H24N4O3S/c31-21-15-24(32)34-22(21)14-19-10-12-27-23(29-19)13-16-6-8-18(9-7-16)30-26(33)20-5-1-3-17-4-2-11-28-25(17)20/h1-5,10-12,14,16,18H,6-9,13,15H2,(H,30,33)/b22-14-. The zero-order valence-electron chi connectivity index (χ0n) is 18.6. The number of nitrogens with one attached hydrogen (secondary N) is 1. The molecular weight excluding hydrogens is 448 g/mol. The number of carbonyl (C=O) groups excluding carboxylic acids is 3. The second-order valence-corrected chi connectivity index (χ2v) is 9.86. The van der Waals surface area contributed by atoms with Crippen LogP contribution in [0, 0.1) is 5.92 Å². The van der Waals surface area contributed by atoms with Gasteiger partial charge in [-0.1, -0.05) is 18.2 Å². The Bertz CT molecular complexity index is 1290. The molecule has 1 amide bonds. The molecule has 0 spiro atoms. The molecule has 34 heavy (non-hydrogen) atoms. The van der Waals surface area contributed by atoms with E-state index in [0.29, 0.717) is 22.1 Å². The second kappa shape index (κ2) is 9.85. The average molecular weight is 473 g/mol. The Morgan fingerprint density at radius 2 is 1.85 bits per heavy atom. The van der Waals surface area contributed by atoms with Crippen molar-refractivity contribution in [2.24, 2.45) is 5.92 Å². The fourth-order valence-corrected chi connectivity index (χ4v) is 5.41. The minimum Gasteiger partial charge on any atom is -0.349 e. The molecule has 1 saturated carbocycles. The summed E-state index contributed by atoms with van der Waals surface area (Å²) in [7, 11) is 0. The largest absolute Gasteiger partial charge is 0.349 e. The fraction of sp³-hybridized carbons (Fsp3) is 0.308. The van der Waals surface area contributed by atoms with Crippen molar-refractivity contribution in [1.29, 1.82) is 0 Å². The first-order valence-corrected chi connectivity index (χ1v) is 12.3. The monoisotopic (exact) mass is 472 g/mol. The van der Waals surface area contributed by atoms with Gasteiger partial charge < -0.3 is 5.32 Å². The summed E-state index contributed by atoms with van der Waals surface area (Å²) in [5, 5.41) is 4.03. The molecule has 0 radical (unpaired) electrons. The van der Waals surface area contributed by atoms with Crippen molar-refractivity contribution in [1.82, 2.24) is 20.3 Å². The summed E-state index contributed by atoms with van der Waals surface area (Å²) in [6.45, 7) is 0. The Labute approximate surface area is 201 Å². The molecule has 1 saturated heterocycles. The quantitative estimate of drug-likeness (QED) is 0.440. The molecule has 3 heterocycles. The van der Waals surface area contributed by atoms with E-state index in [9.17, 15) is 14.4 Å². The van der Waals surface area contributed by atoms with E-state index in [1.54, 1.807) is 24.5 Å². The van der Waals surface area contributed by atoms with E-state index in [0.717, 1.165) is 60.6 Å². The normalized spacial score (nSPS) is 21.8. The maximum Gasteiger partial charge on any atom is 0.253 e. The molecule has 1 aliphatic heterocycles. The number of allylic oxidation sites excluding steroid dienone is 1. The maximum absolute atomic E-state index is 12.9. The number of aromatic nitrogens is 3. The van der Waals surface area contributed by atoms with E-state index in [2.05, 4.69) is 20.3 Å². The predicted octanol–water partition coefficient (Wildman–Crippen LogP) is 4.13. The first-order chi connectivity index (χ1) is 16.5. The van der Waals surface area contributed by atoms with E-state index < -0.39 is 0 Å². The average Bonchev–Trinajstić information content (AvgIpc) is 3.16. The third kappa shape index (κ3) is 5.07. The highest BCUT2D eigenvalue weighted by molar-refractivity contribution is 8.18. The van der Waals surface area contributed by atoms with Gasteiger partial charge in [0, 0.05) is 30.2 Å². The van der Waals surface area contributed by atoms with Crippen LogP contribution in [0.1, 0.15) is 54.0 Å². The van der Waals surface area contributed by atoms with Crippen LogP contribution < -0.4 is 5.32 Å². The lowest BCUT2D eigenvalue weighted by Crippen LogP contribution is -2.38. The van der Waals surface area contributed by atoms with Crippen molar-refractivity contribution in [2.45, 2.75) is 44.6 Å². The van der Waals surface area contributed by atoms with Crippen molar-refractivity contribution in [3.8, 4) is 0 Å². The number of hydrogen-bond donors (Lipinski definition) is 1. The van der Waals surface area contributed by atoms with Crippen molar-refractivity contribution in [3.63, 3.8) is 0 Å². The summed E-state index contributed by atoms with van der Waals surface area (Å²) in [5.41, 5.74) is 1.99. The van der Waals surface area contributed by atoms with Crippen LogP contribution in [0.25, 0.3) is 17.0 Å². The summed E-state index contributed by atoms with van der Waals surface area (Å²) in [4.78, 5) is 50.0. The highest BCUT2D eigenvalue weighted by Gasteiger charge is 2.27. The molecule has 5 rings (SSSR count). The summed E-state index contributed by atoms with van der Waals surface area (Å²) >= 11 is 0.988. The molecule has 2 fully saturated rings. The molecule has 1 N–H and O–H groups in total. The van der Waals surface area contributed by atoms with Crippen LogP contribution in [0.2, 0.25) is 0 Å². The number of carbonyl (C=O) groups is 3. The molecule has 2 aliphatic rings. The molecule has 7 nitrogen and oxygen atoms in total. The van der Waals surface area contributed by atoms with Crippen molar-refractivity contribution < 1.29 is 14.4 Å². The number of nitrogens with zero attached hydrogens (tertiary/aromatic N) is 3. The van der Waals surface area contributed by atoms with Crippen LogP contribution in [-0.4, -0.2) is 37.8 Å². The predicted molar refractivity (Wildman–Crippen MR) is 131 cm³/mol. The fourth-order valence-electron chi connectivity index (χ4n) is 4.59. The smallest absolute Gasteiger partial charge is 0.253 e. The Morgan fingerprint density at radius 1 is 1.03 bits per heavy atom.